The zero-order valence-corrected chi connectivity index (χ0v) is 13.8. The van der Waals surface area contributed by atoms with Gasteiger partial charge in [-0.1, -0.05) is 27.2 Å². The van der Waals surface area contributed by atoms with Crippen LogP contribution in [0.15, 0.2) is 4.47 Å². The average molecular weight is 316 g/mol. The molecule has 0 amide bonds. The van der Waals surface area contributed by atoms with Gasteiger partial charge in [-0.05, 0) is 48.8 Å². The van der Waals surface area contributed by atoms with Crippen LogP contribution in [0.5, 0.6) is 0 Å². The number of nitrogens with zero attached hydrogens (tertiary/aromatic N) is 3. The van der Waals surface area contributed by atoms with E-state index in [0.29, 0.717) is 0 Å². The molecule has 0 bridgehead atoms. The van der Waals surface area contributed by atoms with Gasteiger partial charge in [-0.3, -0.25) is 9.58 Å². The molecule has 18 heavy (non-hydrogen) atoms. The zero-order valence-electron chi connectivity index (χ0n) is 12.2. The molecule has 1 heterocycles. The van der Waals surface area contributed by atoms with Crippen LogP contribution in [0.4, 0.5) is 0 Å². The highest BCUT2D eigenvalue weighted by Gasteiger charge is 2.15. The summed E-state index contributed by atoms with van der Waals surface area (Å²) in [5.74, 6) is 0. The molecule has 0 unspecified atom stereocenters. The molecule has 0 N–H and O–H groups in total. The highest BCUT2D eigenvalue weighted by atomic mass is 79.9. The van der Waals surface area contributed by atoms with Crippen molar-refractivity contribution in [2.24, 2.45) is 0 Å². The second kappa shape index (κ2) is 7.95. The van der Waals surface area contributed by atoms with Gasteiger partial charge in [-0.15, -0.1) is 0 Å². The Morgan fingerprint density at radius 2 is 1.94 bits per heavy atom. The quantitative estimate of drug-likeness (QED) is 0.726. The van der Waals surface area contributed by atoms with Crippen LogP contribution in [0, 0.1) is 0 Å². The number of rotatable bonds is 8. The van der Waals surface area contributed by atoms with Crippen molar-refractivity contribution < 1.29 is 0 Å². The molecule has 1 aromatic rings. The largest absolute Gasteiger partial charge is 0.298 e. The maximum atomic E-state index is 4.66. The Labute approximate surface area is 120 Å². The van der Waals surface area contributed by atoms with Gasteiger partial charge in [0, 0.05) is 13.1 Å². The average Bonchev–Trinajstić information content (AvgIpc) is 2.70. The molecule has 104 valence electrons. The Morgan fingerprint density at radius 1 is 1.22 bits per heavy atom. The van der Waals surface area contributed by atoms with Gasteiger partial charge in [0.15, 0.2) is 0 Å². The van der Waals surface area contributed by atoms with Crippen LogP contribution in [-0.2, 0) is 19.5 Å². The minimum absolute atomic E-state index is 0.944. The van der Waals surface area contributed by atoms with E-state index in [-0.39, 0.29) is 0 Å². The van der Waals surface area contributed by atoms with Crippen LogP contribution in [-0.4, -0.2) is 27.8 Å². The third-order valence-corrected chi connectivity index (χ3v) is 4.26. The number of hydrogen-bond donors (Lipinski definition) is 0. The predicted octanol–water partition coefficient (Wildman–Crippen LogP) is 3.85. The summed E-state index contributed by atoms with van der Waals surface area (Å²) < 4.78 is 3.35. The van der Waals surface area contributed by atoms with Crippen molar-refractivity contribution in [3.63, 3.8) is 0 Å². The second-order valence-electron chi connectivity index (χ2n) is 4.60. The summed E-state index contributed by atoms with van der Waals surface area (Å²) >= 11 is 3.72. The van der Waals surface area contributed by atoms with Gasteiger partial charge in [0.1, 0.15) is 0 Å². The van der Waals surface area contributed by atoms with Gasteiger partial charge >= 0.3 is 0 Å². The lowest BCUT2D eigenvalue weighted by Gasteiger charge is -2.20. The normalized spacial score (nSPS) is 11.4. The summed E-state index contributed by atoms with van der Waals surface area (Å²) in [6.45, 7) is 13.0. The van der Waals surface area contributed by atoms with Gasteiger partial charge < -0.3 is 0 Å². The molecule has 0 aromatic carbocycles. The zero-order chi connectivity index (χ0) is 13.5. The molecule has 0 fully saturated rings. The first kappa shape index (κ1) is 15.7. The molecule has 0 radical (unpaired) electrons. The third-order valence-electron chi connectivity index (χ3n) is 3.34. The Morgan fingerprint density at radius 3 is 2.44 bits per heavy atom. The molecule has 0 spiro atoms. The predicted molar refractivity (Wildman–Crippen MR) is 80.8 cm³/mol. The third kappa shape index (κ3) is 3.82. The van der Waals surface area contributed by atoms with Crippen molar-refractivity contribution in [3.05, 3.63) is 15.9 Å². The first-order valence-electron chi connectivity index (χ1n) is 7.14. The van der Waals surface area contributed by atoms with Crippen LogP contribution in [0.3, 0.4) is 0 Å². The first-order chi connectivity index (χ1) is 8.67. The molecule has 0 saturated carbocycles. The van der Waals surface area contributed by atoms with Crippen molar-refractivity contribution in [2.75, 3.05) is 13.1 Å². The first-order valence-corrected chi connectivity index (χ1v) is 7.93. The summed E-state index contributed by atoms with van der Waals surface area (Å²) in [5.41, 5.74) is 2.51. The molecule has 1 aromatic heterocycles. The molecule has 3 nitrogen and oxygen atoms in total. The molecule has 4 heteroatoms. The molecule has 0 atom stereocenters. The smallest absolute Gasteiger partial charge is 0.0767 e. The fraction of sp³-hybridized carbons (Fsp3) is 0.786. The lowest BCUT2D eigenvalue weighted by Crippen LogP contribution is -2.25. The summed E-state index contributed by atoms with van der Waals surface area (Å²) in [5, 5.41) is 4.66. The van der Waals surface area contributed by atoms with Crippen LogP contribution in [0.2, 0.25) is 0 Å². The monoisotopic (exact) mass is 315 g/mol. The van der Waals surface area contributed by atoms with Crippen LogP contribution in [0.1, 0.15) is 51.9 Å². The maximum Gasteiger partial charge on any atom is 0.0767 e. The van der Waals surface area contributed by atoms with E-state index < -0.39 is 0 Å². The molecule has 0 saturated heterocycles. The van der Waals surface area contributed by atoms with Gasteiger partial charge in [0.05, 0.1) is 15.9 Å². The number of aromatic nitrogens is 2. The molecule has 1 rings (SSSR count). The highest BCUT2D eigenvalue weighted by Crippen LogP contribution is 2.23. The van der Waals surface area contributed by atoms with Crippen molar-refractivity contribution in [1.29, 1.82) is 0 Å². The van der Waals surface area contributed by atoms with Crippen LogP contribution >= 0.6 is 15.9 Å². The molecular formula is C14H26BrN3. The number of halogens is 1. The fourth-order valence-electron chi connectivity index (χ4n) is 2.11. The molecule has 0 aliphatic heterocycles. The van der Waals surface area contributed by atoms with Crippen LogP contribution < -0.4 is 0 Å². The van der Waals surface area contributed by atoms with Crippen molar-refractivity contribution >= 4 is 15.9 Å². The van der Waals surface area contributed by atoms with E-state index in [2.05, 4.69) is 58.3 Å². The summed E-state index contributed by atoms with van der Waals surface area (Å²) in [6, 6.07) is 0. The lowest BCUT2D eigenvalue weighted by molar-refractivity contribution is 0.266. The van der Waals surface area contributed by atoms with Gasteiger partial charge in [-0.25, -0.2) is 0 Å². The molecule has 0 aliphatic carbocycles. The van der Waals surface area contributed by atoms with E-state index in [1.54, 1.807) is 0 Å². The maximum absolute atomic E-state index is 4.66. The van der Waals surface area contributed by atoms with Gasteiger partial charge in [0.25, 0.3) is 0 Å². The van der Waals surface area contributed by atoms with E-state index in [4.69, 9.17) is 0 Å². The Kier molecular flexibility index (Phi) is 6.94. The van der Waals surface area contributed by atoms with Crippen molar-refractivity contribution in [3.8, 4) is 0 Å². The Hall–Kier alpha value is -0.350. The van der Waals surface area contributed by atoms with E-state index in [0.717, 1.165) is 26.1 Å². The van der Waals surface area contributed by atoms with E-state index in [1.807, 2.05) is 0 Å². The summed E-state index contributed by atoms with van der Waals surface area (Å²) in [6.07, 6.45) is 3.51. The number of unbranched alkanes of at least 4 members (excludes halogenated alkanes) is 1. The standard InChI is InChI=1S/C14H26BrN3/c1-5-9-10-17(7-3)11-13-14(15)12(6-2)16-18(13)8-4/h5-11H2,1-4H3. The van der Waals surface area contributed by atoms with Gasteiger partial charge in [-0.2, -0.15) is 5.10 Å². The van der Waals surface area contributed by atoms with Crippen molar-refractivity contribution in [2.45, 2.75) is 60.0 Å². The molecule has 0 aliphatic rings. The Balaban J connectivity index is 2.83. The number of hydrogen-bond acceptors (Lipinski definition) is 2. The van der Waals surface area contributed by atoms with E-state index in [1.165, 1.54) is 35.2 Å². The van der Waals surface area contributed by atoms with Crippen molar-refractivity contribution in [1.82, 2.24) is 14.7 Å². The summed E-state index contributed by atoms with van der Waals surface area (Å²) in [4.78, 5) is 2.50. The topological polar surface area (TPSA) is 21.1 Å². The summed E-state index contributed by atoms with van der Waals surface area (Å²) in [7, 11) is 0. The highest BCUT2D eigenvalue weighted by molar-refractivity contribution is 9.10. The Bertz CT molecular complexity index is 360. The second-order valence-corrected chi connectivity index (χ2v) is 5.39. The fourth-order valence-corrected chi connectivity index (χ4v) is 2.80. The lowest BCUT2D eigenvalue weighted by atomic mass is 10.2. The minimum Gasteiger partial charge on any atom is -0.298 e. The molecular weight excluding hydrogens is 290 g/mol. The SMILES string of the molecule is CCCCN(CC)Cc1c(Br)c(CC)nn1CC. The minimum atomic E-state index is 0.944. The van der Waals surface area contributed by atoms with Crippen LogP contribution in [0.25, 0.3) is 0 Å². The number of aryl methyl sites for hydroxylation is 2. The van der Waals surface area contributed by atoms with E-state index >= 15 is 0 Å². The van der Waals surface area contributed by atoms with Gasteiger partial charge in [0.2, 0.25) is 0 Å². The van der Waals surface area contributed by atoms with E-state index in [9.17, 15) is 0 Å².